The van der Waals surface area contributed by atoms with E-state index >= 15 is 0 Å². The van der Waals surface area contributed by atoms with E-state index in [1.165, 1.54) is 13.2 Å². The molecule has 0 radical (unpaired) electrons. The highest BCUT2D eigenvalue weighted by atomic mass is 16.6. The van der Waals surface area contributed by atoms with Gasteiger partial charge in [-0.25, -0.2) is 4.79 Å². The zero-order valence-corrected chi connectivity index (χ0v) is 17.0. The molecule has 0 aliphatic carbocycles. The molecule has 1 N–H and O–H groups in total. The number of nitrogens with zero attached hydrogens (tertiary/aromatic N) is 1. The topological polar surface area (TPSA) is 97.7 Å². The Kier molecular flexibility index (Phi) is 9.10. The molecule has 0 aliphatic rings. The normalized spacial score (nSPS) is 10.8. The molecule has 0 bridgehead atoms. The predicted octanol–water partition coefficient (Wildman–Crippen LogP) is 2.90. The number of hydrogen-bond acceptors (Lipinski definition) is 6. The van der Waals surface area contributed by atoms with Gasteiger partial charge in [0.15, 0.2) is 6.61 Å². The second-order valence-corrected chi connectivity index (χ2v) is 6.25. The minimum absolute atomic E-state index is 0.0291. The molecular formula is C23H24N2O5. The third kappa shape index (κ3) is 7.41. The van der Waals surface area contributed by atoms with Gasteiger partial charge in [-0.05, 0) is 47.9 Å². The van der Waals surface area contributed by atoms with Gasteiger partial charge in [0.25, 0.3) is 5.91 Å². The van der Waals surface area contributed by atoms with Crippen molar-refractivity contribution in [2.45, 2.75) is 13.3 Å². The molecule has 156 valence electrons. The average Bonchev–Trinajstić information content (AvgIpc) is 2.77. The van der Waals surface area contributed by atoms with Crippen LogP contribution in [0.1, 0.15) is 18.1 Å². The molecule has 2 rings (SSSR count). The Morgan fingerprint density at radius 2 is 1.90 bits per heavy atom. The molecule has 0 unspecified atom stereocenters. The van der Waals surface area contributed by atoms with Gasteiger partial charge in [0.2, 0.25) is 0 Å². The fourth-order valence-electron chi connectivity index (χ4n) is 2.47. The van der Waals surface area contributed by atoms with Crippen LogP contribution in [0.2, 0.25) is 0 Å². The summed E-state index contributed by atoms with van der Waals surface area (Å²) < 4.78 is 15.6. The molecule has 0 atom stereocenters. The van der Waals surface area contributed by atoms with E-state index in [1.54, 1.807) is 30.3 Å². The van der Waals surface area contributed by atoms with Crippen molar-refractivity contribution >= 4 is 18.0 Å². The molecule has 0 heterocycles. The van der Waals surface area contributed by atoms with E-state index < -0.39 is 11.9 Å². The lowest BCUT2D eigenvalue weighted by atomic mass is 10.1. The van der Waals surface area contributed by atoms with Crippen LogP contribution in [0.15, 0.2) is 54.1 Å². The highest BCUT2D eigenvalue weighted by Crippen LogP contribution is 2.16. The first kappa shape index (κ1) is 22.7. The standard InChI is InChI=1S/C23H24N2O5/c1-3-17-5-4-6-21(14-17)29-16-22(26)30-20-9-7-18(8-10-20)13-19(15-24)23(27)25-11-12-28-2/h4-10,13-14H,3,11-12,16H2,1-2H3,(H,25,27)/b19-13+. The minimum atomic E-state index is -0.532. The number of aryl methyl sites for hydroxylation is 1. The van der Waals surface area contributed by atoms with Crippen molar-refractivity contribution < 1.29 is 23.8 Å². The Balaban J connectivity index is 1.90. The zero-order chi connectivity index (χ0) is 21.8. The van der Waals surface area contributed by atoms with Gasteiger partial charge < -0.3 is 19.5 Å². The fraction of sp³-hybridized carbons (Fsp3) is 0.261. The van der Waals surface area contributed by atoms with Gasteiger partial charge in [-0.2, -0.15) is 5.26 Å². The maximum absolute atomic E-state index is 12.0. The zero-order valence-electron chi connectivity index (χ0n) is 17.0. The van der Waals surface area contributed by atoms with E-state index in [9.17, 15) is 14.9 Å². The van der Waals surface area contributed by atoms with Crippen LogP contribution < -0.4 is 14.8 Å². The van der Waals surface area contributed by atoms with E-state index in [-0.39, 0.29) is 12.2 Å². The van der Waals surface area contributed by atoms with Crippen LogP contribution in [0.4, 0.5) is 0 Å². The van der Waals surface area contributed by atoms with Gasteiger partial charge in [0.1, 0.15) is 23.1 Å². The van der Waals surface area contributed by atoms with Crippen LogP contribution in [0.5, 0.6) is 11.5 Å². The van der Waals surface area contributed by atoms with Crippen molar-refractivity contribution in [3.63, 3.8) is 0 Å². The van der Waals surface area contributed by atoms with E-state index in [1.807, 2.05) is 31.2 Å². The second-order valence-electron chi connectivity index (χ2n) is 6.25. The van der Waals surface area contributed by atoms with Crippen LogP contribution in [0.3, 0.4) is 0 Å². The molecule has 1 amide bonds. The Bertz CT molecular complexity index is 929. The molecule has 0 fully saturated rings. The molecule has 0 saturated heterocycles. The predicted molar refractivity (Wildman–Crippen MR) is 112 cm³/mol. The van der Waals surface area contributed by atoms with Crippen molar-refractivity contribution in [3.8, 4) is 17.6 Å². The van der Waals surface area contributed by atoms with Crippen molar-refractivity contribution in [3.05, 3.63) is 65.2 Å². The van der Waals surface area contributed by atoms with Crippen LogP contribution >= 0.6 is 0 Å². The smallest absolute Gasteiger partial charge is 0.349 e. The third-order valence-corrected chi connectivity index (χ3v) is 4.04. The van der Waals surface area contributed by atoms with Crippen LogP contribution in [-0.2, 0) is 20.7 Å². The first-order chi connectivity index (χ1) is 14.5. The number of carbonyl (C=O) groups excluding carboxylic acids is 2. The summed E-state index contributed by atoms with van der Waals surface area (Å²) >= 11 is 0. The summed E-state index contributed by atoms with van der Waals surface area (Å²) in [5.41, 5.74) is 1.72. The van der Waals surface area contributed by atoms with Gasteiger partial charge in [-0.1, -0.05) is 31.2 Å². The molecule has 0 spiro atoms. The fourth-order valence-corrected chi connectivity index (χ4v) is 2.47. The number of hydrogen-bond donors (Lipinski definition) is 1. The van der Waals surface area contributed by atoms with Gasteiger partial charge in [-0.15, -0.1) is 0 Å². The second kappa shape index (κ2) is 12.0. The summed E-state index contributed by atoms with van der Waals surface area (Å²) in [6, 6.07) is 15.9. The quantitative estimate of drug-likeness (QED) is 0.213. The largest absolute Gasteiger partial charge is 0.482 e. The summed E-state index contributed by atoms with van der Waals surface area (Å²) in [7, 11) is 1.53. The number of amides is 1. The first-order valence-corrected chi connectivity index (χ1v) is 9.47. The summed E-state index contributed by atoms with van der Waals surface area (Å²) in [4.78, 5) is 24.0. The lowest BCUT2D eigenvalue weighted by molar-refractivity contribution is -0.136. The highest BCUT2D eigenvalue weighted by molar-refractivity contribution is 6.01. The summed E-state index contributed by atoms with van der Waals surface area (Å²) in [6.07, 6.45) is 2.34. The molecule has 2 aromatic carbocycles. The van der Waals surface area contributed by atoms with Crippen LogP contribution in [-0.4, -0.2) is 38.7 Å². The lowest BCUT2D eigenvalue weighted by Gasteiger charge is -2.08. The Hall–Kier alpha value is -3.63. The summed E-state index contributed by atoms with van der Waals surface area (Å²) in [5.74, 6) is -0.0597. The van der Waals surface area contributed by atoms with Crippen molar-refractivity contribution in [2.75, 3.05) is 26.9 Å². The van der Waals surface area contributed by atoms with Gasteiger partial charge in [0.05, 0.1) is 6.61 Å². The van der Waals surface area contributed by atoms with Gasteiger partial charge in [0, 0.05) is 13.7 Å². The number of carbonyl (C=O) groups is 2. The maximum Gasteiger partial charge on any atom is 0.349 e. The Morgan fingerprint density at radius 3 is 2.57 bits per heavy atom. The molecule has 7 nitrogen and oxygen atoms in total. The number of nitriles is 1. The molecule has 7 heteroatoms. The average molecular weight is 408 g/mol. The highest BCUT2D eigenvalue weighted by Gasteiger charge is 2.09. The number of methoxy groups -OCH3 is 1. The van der Waals surface area contributed by atoms with Crippen molar-refractivity contribution in [1.29, 1.82) is 5.26 Å². The number of benzene rings is 2. The van der Waals surface area contributed by atoms with Gasteiger partial charge >= 0.3 is 5.97 Å². The Labute approximate surface area is 175 Å². The number of nitrogens with one attached hydrogen (secondary N) is 1. The minimum Gasteiger partial charge on any atom is -0.482 e. The monoisotopic (exact) mass is 408 g/mol. The Morgan fingerprint density at radius 1 is 1.13 bits per heavy atom. The molecule has 0 aromatic heterocycles. The molecule has 2 aromatic rings. The van der Waals surface area contributed by atoms with Gasteiger partial charge in [-0.3, -0.25) is 4.79 Å². The number of rotatable bonds is 10. The van der Waals surface area contributed by atoms with E-state index in [2.05, 4.69) is 5.32 Å². The SMILES string of the molecule is CCc1cccc(OCC(=O)Oc2ccc(/C=C(\C#N)C(=O)NCCOC)cc2)c1. The maximum atomic E-state index is 12.0. The molecule has 0 aliphatic heterocycles. The number of esters is 1. The molecule has 30 heavy (non-hydrogen) atoms. The van der Waals surface area contributed by atoms with Crippen molar-refractivity contribution in [2.24, 2.45) is 0 Å². The van der Waals surface area contributed by atoms with E-state index in [0.29, 0.717) is 30.2 Å². The van der Waals surface area contributed by atoms with E-state index in [0.717, 1.165) is 12.0 Å². The van der Waals surface area contributed by atoms with Crippen LogP contribution in [0.25, 0.3) is 6.08 Å². The summed E-state index contributed by atoms with van der Waals surface area (Å²) in [6.45, 7) is 2.50. The van der Waals surface area contributed by atoms with E-state index in [4.69, 9.17) is 14.2 Å². The third-order valence-electron chi connectivity index (χ3n) is 4.04. The number of ether oxygens (including phenoxy) is 3. The van der Waals surface area contributed by atoms with Crippen molar-refractivity contribution in [1.82, 2.24) is 5.32 Å². The first-order valence-electron chi connectivity index (χ1n) is 9.47. The lowest BCUT2D eigenvalue weighted by Crippen LogP contribution is -2.27. The molecule has 0 saturated carbocycles. The molecular weight excluding hydrogens is 384 g/mol. The van der Waals surface area contributed by atoms with Crippen LogP contribution in [0, 0.1) is 11.3 Å². The summed E-state index contributed by atoms with van der Waals surface area (Å²) in [5, 5.41) is 11.8.